The molecule has 92 valence electrons. The number of nitrogens with two attached hydrogens (primary N) is 1. The lowest BCUT2D eigenvalue weighted by Gasteiger charge is -2.05. The topological polar surface area (TPSA) is 93.1 Å². The van der Waals surface area contributed by atoms with E-state index >= 15 is 0 Å². The number of hydrogen-bond donors (Lipinski definition) is 2. The molecule has 0 amide bonds. The fourth-order valence-corrected chi connectivity index (χ4v) is 1.84. The molecule has 0 fully saturated rings. The smallest absolute Gasteiger partial charge is 0.328 e. The molecule has 2 rings (SSSR count). The molecule has 0 saturated carbocycles. The Morgan fingerprint density at radius 3 is 3.06 bits per heavy atom. The summed E-state index contributed by atoms with van der Waals surface area (Å²) in [7, 11) is 0. The summed E-state index contributed by atoms with van der Waals surface area (Å²) in [6.45, 7) is 0.471. The van der Waals surface area contributed by atoms with E-state index in [9.17, 15) is 4.79 Å². The van der Waals surface area contributed by atoms with Gasteiger partial charge in [0, 0.05) is 23.6 Å². The summed E-state index contributed by atoms with van der Waals surface area (Å²) in [4.78, 5) is 15.6. The van der Waals surface area contributed by atoms with Crippen molar-refractivity contribution in [1.29, 1.82) is 5.26 Å². The van der Waals surface area contributed by atoms with E-state index in [1.165, 1.54) is 0 Å². The van der Waals surface area contributed by atoms with Gasteiger partial charge in [0.05, 0.1) is 18.1 Å². The van der Waals surface area contributed by atoms with Crippen LogP contribution in [0.5, 0.6) is 0 Å². The molecule has 0 radical (unpaired) electrons. The van der Waals surface area contributed by atoms with Crippen molar-refractivity contribution < 1.29 is 9.63 Å². The van der Waals surface area contributed by atoms with E-state index in [2.05, 4.69) is 10.9 Å². The highest BCUT2D eigenvalue weighted by Gasteiger charge is 2.07. The lowest BCUT2D eigenvalue weighted by molar-refractivity contribution is -0.151. The van der Waals surface area contributed by atoms with Crippen molar-refractivity contribution in [3.8, 4) is 6.07 Å². The number of hydrogen-bond acceptors (Lipinski definition) is 5. The quantitative estimate of drug-likeness (QED) is 0.613. The molecule has 0 aliphatic carbocycles. The first-order valence-corrected chi connectivity index (χ1v) is 5.39. The summed E-state index contributed by atoms with van der Waals surface area (Å²) >= 11 is 0. The molecule has 1 aromatic carbocycles. The predicted molar refractivity (Wildman–Crippen MR) is 64.7 cm³/mol. The van der Waals surface area contributed by atoms with Crippen LogP contribution in [0.15, 0.2) is 30.5 Å². The molecule has 2 aromatic rings. The summed E-state index contributed by atoms with van der Waals surface area (Å²) in [5, 5.41) is 9.86. The van der Waals surface area contributed by atoms with Crippen LogP contribution in [0.4, 0.5) is 0 Å². The SMILES string of the molecule is N#Cc1cccc2c1ccn2CCC(=O)ONN. The molecule has 0 saturated heterocycles. The van der Waals surface area contributed by atoms with Gasteiger partial charge in [-0.15, -0.1) is 0 Å². The van der Waals surface area contributed by atoms with Gasteiger partial charge in [-0.25, -0.2) is 5.84 Å². The molecule has 0 aliphatic rings. The largest absolute Gasteiger partial charge is 0.356 e. The molecule has 0 unspecified atom stereocenters. The van der Waals surface area contributed by atoms with Crippen LogP contribution in [-0.4, -0.2) is 10.5 Å². The number of rotatable bonds is 4. The van der Waals surface area contributed by atoms with E-state index in [0.717, 1.165) is 10.9 Å². The van der Waals surface area contributed by atoms with Crippen LogP contribution in [0, 0.1) is 11.3 Å². The second-order valence-electron chi connectivity index (χ2n) is 3.70. The number of aromatic nitrogens is 1. The van der Waals surface area contributed by atoms with Gasteiger partial charge < -0.3 is 9.40 Å². The number of nitriles is 1. The van der Waals surface area contributed by atoms with Gasteiger partial charge in [0.25, 0.3) is 0 Å². The van der Waals surface area contributed by atoms with Crippen LogP contribution in [0.25, 0.3) is 10.9 Å². The lowest BCUT2D eigenvalue weighted by atomic mass is 10.1. The Hall–Kier alpha value is -2.36. The highest BCUT2D eigenvalue weighted by Crippen LogP contribution is 2.19. The molecule has 6 heteroatoms. The van der Waals surface area contributed by atoms with Crippen molar-refractivity contribution >= 4 is 16.9 Å². The Morgan fingerprint density at radius 1 is 1.50 bits per heavy atom. The first-order chi connectivity index (χ1) is 8.76. The van der Waals surface area contributed by atoms with Gasteiger partial charge >= 0.3 is 5.97 Å². The number of carbonyl (C=O) groups excluding carboxylic acids is 1. The molecular formula is C12H12N4O2. The summed E-state index contributed by atoms with van der Waals surface area (Å²) < 4.78 is 1.90. The Kier molecular flexibility index (Phi) is 3.57. The highest BCUT2D eigenvalue weighted by atomic mass is 16.7. The molecule has 3 N–H and O–H groups in total. The number of nitrogens with zero attached hydrogens (tertiary/aromatic N) is 2. The number of benzene rings is 1. The Bertz CT molecular complexity index is 612. The van der Waals surface area contributed by atoms with Crippen molar-refractivity contribution in [2.45, 2.75) is 13.0 Å². The number of aryl methyl sites for hydroxylation is 1. The maximum Gasteiger partial charge on any atom is 0.328 e. The normalized spacial score (nSPS) is 10.2. The maximum absolute atomic E-state index is 11.2. The van der Waals surface area contributed by atoms with Gasteiger partial charge in [0.15, 0.2) is 0 Å². The minimum atomic E-state index is -0.434. The third kappa shape index (κ3) is 2.32. The zero-order valence-corrected chi connectivity index (χ0v) is 9.59. The summed E-state index contributed by atoms with van der Waals surface area (Å²) in [6.07, 6.45) is 2.04. The molecule has 6 nitrogen and oxygen atoms in total. The van der Waals surface area contributed by atoms with Crippen molar-refractivity contribution in [2.24, 2.45) is 5.84 Å². The van der Waals surface area contributed by atoms with Gasteiger partial charge in [-0.2, -0.15) is 5.26 Å². The monoisotopic (exact) mass is 244 g/mol. The van der Waals surface area contributed by atoms with E-state index in [4.69, 9.17) is 11.1 Å². The van der Waals surface area contributed by atoms with Crippen molar-refractivity contribution in [3.05, 3.63) is 36.0 Å². The number of fused-ring (bicyclic) bond motifs is 1. The molecule has 1 aromatic heterocycles. The van der Waals surface area contributed by atoms with E-state index < -0.39 is 5.97 Å². The van der Waals surface area contributed by atoms with Crippen LogP contribution in [0.1, 0.15) is 12.0 Å². The second-order valence-corrected chi connectivity index (χ2v) is 3.70. The first-order valence-electron chi connectivity index (χ1n) is 5.39. The first kappa shape index (κ1) is 12.1. The lowest BCUT2D eigenvalue weighted by Crippen LogP contribution is -2.26. The van der Waals surface area contributed by atoms with Crippen LogP contribution in [-0.2, 0) is 16.2 Å². The third-order valence-electron chi connectivity index (χ3n) is 2.66. The van der Waals surface area contributed by atoms with Gasteiger partial charge in [0.1, 0.15) is 0 Å². The Morgan fingerprint density at radius 2 is 2.33 bits per heavy atom. The average molecular weight is 244 g/mol. The number of carbonyl (C=O) groups is 1. The molecule has 0 bridgehead atoms. The Balaban J connectivity index is 2.20. The highest BCUT2D eigenvalue weighted by molar-refractivity contribution is 5.86. The molecule has 0 atom stereocenters. The molecule has 1 heterocycles. The fourth-order valence-electron chi connectivity index (χ4n) is 1.84. The minimum Gasteiger partial charge on any atom is -0.356 e. The summed E-state index contributed by atoms with van der Waals surface area (Å²) in [6, 6.07) is 9.48. The molecule has 0 aliphatic heterocycles. The van der Waals surface area contributed by atoms with Gasteiger partial charge in [-0.1, -0.05) is 11.7 Å². The van der Waals surface area contributed by atoms with Crippen molar-refractivity contribution in [1.82, 2.24) is 10.2 Å². The molecule has 18 heavy (non-hydrogen) atoms. The number of nitrogens with one attached hydrogen (secondary N) is 1. The minimum absolute atomic E-state index is 0.199. The molecule has 0 spiro atoms. The zero-order chi connectivity index (χ0) is 13.0. The van der Waals surface area contributed by atoms with Gasteiger partial charge in [0.2, 0.25) is 0 Å². The van der Waals surface area contributed by atoms with E-state index in [1.807, 2.05) is 34.6 Å². The van der Waals surface area contributed by atoms with Gasteiger partial charge in [-0.05, 0) is 18.2 Å². The third-order valence-corrected chi connectivity index (χ3v) is 2.66. The van der Waals surface area contributed by atoms with Crippen molar-refractivity contribution in [2.75, 3.05) is 0 Å². The van der Waals surface area contributed by atoms with Gasteiger partial charge in [-0.3, -0.25) is 4.79 Å². The van der Waals surface area contributed by atoms with Crippen LogP contribution >= 0.6 is 0 Å². The second kappa shape index (κ2) is 5.31. The van der Waals surface area contributed by atoms with Crippen LogP contribution in [0.2, 0.25) is 0 Å². The van der Waals surface area contributed by atoms with E-state index in [-0.39, 0.29) is 6.42 Å². The predicted octanol–water partition coefficient (Wildman–Crippen LogP) is 0.825. The Labute approximate surface area is 103 Å². The standard InChI is InChI=1S/C12H12N4O2/c13-8-9-2-1-3-11-10(9)4-6-16(11)7-5-12(17)18-15-14/h1-4,6,15H,5,7,14H2. The summed E-state index contributed by atoms with van der Waals surface area (Å²) in [5.74, 6) is 4.44. The molecular weight excluding hydrogens is 232 g/mol. The van der Waals surface area contributed by atoms with E-state index in [1.54, 1.807) is 6.07 Å². The fraction of sp³-hybridized carbons (Fsp3) is 0.167. The summed E-state index contributed by atoms with van der Waals surface area (Å²) in [5.41, 5.74) is 3.39. The van der Waals surface area contributed by atoms with Crippen LogP contribution < -0.4 is 11.4 Å². The zero-order valence-electron chi connectivity index (χ0n) is 9.59. The average Bonchev–Trinajstić information content (AvgIpc) is 2.79. The van der Waals surface area contributed by atoms with Crippen LogP contribution in [0.3, 0.4) is 0 Å². The van der Waals surface area contributed by atoms with E-state index in [0.29, 0.717) is 12.1 Å². The maximum atomic E-state index is 11.2. The van der Waals surface area contributed by atoms with Crippen molar-refractivity contribution in [3.63, 3.8) is 0 Å². The number of hydrazine groups is 1.